The van der Waals surface area contributed by atoms with Crippen molar-refractivity contribution in [1.82, 2.24) is 10.1 Å². The van der Waals surface area contributed by atoms with E-state index >= 15 is 0 Å². The molecule has 0 unspecified atom stereocenters. The molecule has 8 heteroatoms. The lowest BCUT2D eigenvalue weighted by atomic mass is 9.83. The van der Waals surface area contributed by atoms with Crippen LogP contribution in [-0.2, 0) is 4.74 Å². The average molecular weight is 468 g/mol. The van der Waals surface area contributed by atoms with Crippen LogP contribution in [0.4, 0.5) is 19.5 Å². The summed E-state index contributed by atoms with van der Waals surface area (Å²) in [5.74, 6) is -1.10. The van der Waals surface area contributed by atoms with Gasteiger partial charge in [-0.15, -0.1) is 0 Å². The molecule has 2 aromatic carbocycles. The highest BCUT2D eigenvalue weighted by Gasteiger charge is 2.44. The van der Waals surface area contributed by atoms with Gasteiger partial charge in [-0.1, -0.05) is 35.5 Å². The van der Waals surface area contributed by atoms with E-state index in [2.05, 4.69) is 16.5 Å². The molecule has 2 aliphatic heterocycles. The predicted octanol–water partition coefficient (Wildman–Crippen LogP) is 5.81. The fourth-order valence-electron chi connectivity index (χ4n) is 4.88. The molecule has 2 fully saturated rings. The van der Waals surface area contributed by atoms with Gasteiger partial charge in [-0.2, -0.15) is 0 Å². The minimum absolute atomic E-state index is 0.192. The number of benzene rings is 2. The van der Waals surface area contributed by atoms with Crippen molar-refractivity contribution >= 4 is 11.9 Å². The van der Waals surface area contributed by atoms with E-state index in [0.29, 0.717) is 31.1 Å². The normalized spacial score (nSPS) is 19.5. The molecule has 5 rings (SSSR count). The van der Waals surface area contributed by atoms with E-state index in [9.17, 15) is 13.6 Å². The Hall–Kier alpha value is -3.26. The Kier molecular flexibility index (Phi) is 5.85. The summed E-state index contributed by atoms with van der Waals surface area (Å²) in [6, 6.07) is 11.7. The summed E-state index contributed by atoms with van der Waals surface area (Å²) in [7, 11) is 0. The molecule has 0 radical (unpaired) electrons. The molecule has 178 valence electrons. The molecule has 3 heterocycles. The number of amides is 2. The maximum Gasteiger partial charge on any atom is 0.324 e. The van der Waals surface area contributed by atoms with E-state index in [4.69, 9.17) is 9.26 Å². The zero-order chi connectivity index (χ0) is 23.9. The van der Waals surface area contributed by atoms with E-state index in [-0.39, 0.29) is 17.6 Å². The van der Waals surface area contributed by atoms with Crippen molar-refractivity contribution in [3.8, 4) is 11.1 Å². The Morgan fingerprint density at radius 1 is 1.09 bits per heavy atom. The number of halogens is 2. The molecule has 0 bridgehead atoms. The number of carbonyl (C=O) groups is 1. The molecular formula is C26H27F2N3O3. The Morgan fingerprint density at radius 3 is 2.56 bits per heavy atom. The molecule has 1 N–H and O–H groups in total. The Labute approximate surface area is 196 Å². The summed E-state index contributed by atoms with van der Waals surface area (Å²) in [5.41, 5.74) is 3.95. The van der Waals surface area contributed by atoms with Crippen molar-refractivity contribution in [2.75, 3.05) is 25.0 Å². The first kappa shape index (κ1) is 22.5. The number of rotatable bonds is 3. The topological polar surface area (TPSA) is 67.6 Å². The molecule has 2 aliphatic rings. The Balaban J connectivity index is 1.22. The van der Waals surface area contributed by atoms with Gasteiger partial charge in [0.2, 0.25) is 5.88 Å². The second-order valence-corrected chi connectivity index (χ2v) is 9.29. The maximum absolute atomic E-state index is 13.7. The van der Waals surface area contributed by atoms with E-state index in [1.54, 1.807) is 11.0 Å². The van der Waals surface area contributed by atoms with Gasteiger partial charge in [-0.3, -0.25) is 5.32 Å². The van der Waals surface area contributed by atoms with Crippen LogP contribution in [0.15, 0.2) is 47.0 Å². The minimum Gasteiger partial charge on any atom is -0.374 e. The Bertz CT molecular complexity index is 1220. The fourth-order valence-corrected chi connectivity index (χ4v) is 4.88. The van der Waals surface area contributed by atoms with Gasteiger partial charge in [0.15, 0.2) is 11.6 Å². The number of aryl methyl sites for hydroxylation is 1. The highest BCUT2D eigenvalue weighted by molar-refractivity contribution is 5.88. The van der Waals surface area contributed by atoms with Crippen molar-refractivity contribution in [3.63, 3.8) is 0 Å². The number of piperidine rings is 1. The molecule has 1 spiro atoms. The number of hydrogen-bond acceptors (Lipinski definition) is 4. The second kappa shape index (κ2) is 8.83. The third-order valence-electron chi connectivity index (χ3n) is 7.16. The summed E-state index contributed by atoms with van der Waals surface area (Å²) in [4.78, 5) is 14.5. The number of carbonyl (C=O) groups excluding carboxylic acids is 1. The molecule has 2 saturated heterocycles. The van der Waals surface area contributed by atoms with E-state index < -0.39 is 11.6 Å². The standard InChI is InChI=1S/C26H27F2N3O3/c1-16-17(2)30-34-24(16)29-25(32)31-10-8-26(9-11-31)14-21(15-33-26)19-5-3-4-18(12-19)20-6-7-22(27)23(28)13-20/h3-7,12-13,21H,8-11,14-15H2,1-2H3,(H,29,32)/t21-/m0/s1. The smallest absolute Gasteiger partial charge is 0.324 e. The third kappa shape index (κ3) is 4.30. The number of likely N-dealkylation sites (tertiary alicyclic amines) is 1. The van der Waals surface area contributed by atoms with Crippen LogP contribution in [0.2, 0.25) is 0 Å². The van der Waals surface area contributed by atoms with Crippen LogP contribution in [0.1, 0.15) is 42.0 Å². The quantitative estimate of drug-likeness (QED) is 0.528. The number of nitrogens with zero attached hydrogens (tertiary/aromatic N) is 2. The van der Waals surface area contributed by atoms with Crippen LogP contribution in [0.3, 0.4) is 0 Å². The number of nitrogens with one attached hydrogen (secondary N) is 1. The molecule has 6 nitrogen and oxygen atoms in total. The monoisotopic (exact) mass is 467 g/mol. The van der Waals surface area contributed by atoms with E-state index in [0.717, 1.165) is 47.7 Å². The highest BCUT2D eigenvalue weighted by atomic mass is 19.2. The first-order valence-corrected chi connectivity index (χ1v) is 11.5. The molecule has 3 aromatic rings. The number of anilines is 1. The van der Waals surface area contributed by atoms with Gasteiger partial charge in [0.05, 0.1) is 17.9 Å². The highest BCUT2D eigenvalue weighted by Crippen LogP contribution is 2.43. The predicted molar refractivity (Wildman–Crippen MR) is 124 cm³/mol. The van der Waals surface area contributed by atoms with Crippen molar-refractivity contribution in [2.24, 2.45) is 0 Å². The van der Waals surface area contributed by atoms with Crippen molar-refractivity contribution < 1.29 is 22.8 Å². The average Bonchev–Trinajstić information content (AvgIpc) is 3.40. The zero-order valence-electron chi connectivity index (χ0n) is 19.2. The lowest BCUT2D eigenvalue weighted by Gasteiger charge is -2.38. The molecular weight excluding hydrogens is 440 g/mol. The summed E-state index contributed by atoms with van der Waals surface area (Å²) in [6.07, 6.45) is 2.38. The van der Waals surface area contributed by atoms with Gasteiger partial charge in [0.1, 0.15) is 0 Å². The first-order chi connectivity index (χ1) is 16.3. The summed E-state index contributed by atoms with van der Waals surface area (Å²) in [5, 5.41) is 6.69. The molecule has 34 heavy (non-hydrogen) atoms. The van der Waals surface area contributed by atoms with Gasteiger partial charge in [0, 0.05) is 24.6 Å². The summed E-state index contributed by atoms with van der Waals surface area (Å²) in [6.45, 7) is 5.49. The lowest BCUT2D eigenvalue weighted by Crippen LogP contribution is -2.47. The molecule has 1 atom stereocenters. The summed E-state index contributed by atoms with van der Waals surface area (Å²) >= 11 is 0. The molecule has 2 amide bonds. The van der Waals surface area contributed by atoms with Gasteiger partial charge in [0.25, 0.3) is 0 Å². The number of ether oxygens (including phenoxy) is 1. The van der Waals surface area contributed by atoms with Crippen molar-refractivity contribution in [1.29, 1.82) is 0 Å². The van der Waals surface area contributed by atoms with E-state index in [1.165, 1.54) is 6.07 Å². The van der Waals surface area contributed by atoms with Crippen LogP contribution in [0, 0.1) is 25.5 Å². The fraction of sp³-hybridized carbons (Fsp3) is 0.385. The lowest BCUT2D eigenvalue weighted by molar-refractivity contribution is -0.0355. The number of urea groups is 1. The third-order valence-corrected chi connectivity index (χ3v) is 7.16. The van der Waals surface area contributed by atoms with Crippen LogP contribution < -0.4 is 5.32 Å². The van der Waals surface area contributed by atoms with E-state index in [1.807, 2.05) is 32.0 Å². The maximum atomic E-state index is 13.7. The number of aromatic nitrogens is 1. The van der Waals surface area contributed by atoms with Crippen LogP contribution >= 0.6 is 0 Å². The summed E-state index contributed by atoms with van der Waals surface area (Å²) < 4.78 is 38.5. The van der Waals surface area contributed by atoms with Crippen LogP contribution in [0.25, 0.3) is 11.1 Å². The first-order valence-electron chi connectivity index (χ1n) is 11.5. The van der Waals surface area contributed by atoms with Gasteiger partial charge >= 0.3 is 6.03 Å². The Morgan fingerprint density at radius 2 is 1.85 bits per heavy atom. The van der Waals surface area contributed by atoms with Crippen LogP contribution in [-0.4, -0.2) is 41.4 Å². The van der Waals surface area contributed by atoms with Gasteiger partial charge in [-0.25, -0.2) is 13.6 Å². The largest absolute Gasteiger partial charge is 0.374 e. The van der Waals surface area contributed by atoms with Gasteiger partial charge in [-0.05, 0) is 61.9 Å². The molecule has 0 aliphatic carbocycles. The van der Waals surface area contributed by atoms with Crippen molar-refractivity contribution in [2.45, 2.75) is 44.6 Å². The van der Waals surface area contributed by atoms with Crippen molar-refractivity contribution in [3.05, 3.63) is 70.9 Å². The molecule has 1 aromatic heterocycles. The van der Waals surface area contributed by atoms with Gasteiger partial charge < -0.3 is 14.2 Å². The second-order valence-electron chi connectivity index (χ2n) is 9.29. The minimum atomic E-state index is -0.851. The van der Waals surface area contributed by atoms with Crippen LogP contribution in [0.5, 0.6) is 0 Å². The SMILES string of the molecule is Cc1noc(NC(=O)N2CCC3(CC2)C[C@H](c2cccc(-c4ccc(F)c(F)c4)c2)CO3)c1C. The number of hydrogen-bond donors (Lipinski definition) is 1. The zero-order valence-corrected chi connectivity index (χ0v) is 19.2. The molecule has 0 saturated carbocycles.